The van der Waals surface area contributed by atoms with Crippen molar-refractivity contribution in [2.45, 2.75) is 12.4 Å². The maximum Gasteiger partial charge on any atom is 0.416 e. The van der Waals surface area contributed by atoms with Crippen LogP contribution >= 0.6 is 0 Å². The molecule has 198 valence electrons. The second kappa shape index (κ2) is 11.3. The van der Waals surface area contributed by atoms with Crippen LogP contribution in [0.25, 0.3) is 0 Å². The molecule has 36 heavy (non-hydrogen) atoms. The van der Waals surface area contributed by atoms with Crippen molar-refractivity contribution in [2.24, 2.45) is 0 Å². The Labute approximate surface area is 206 Å². The lowest BCUT2D eigenvalue weighted by atomic mass is 10.1. The molecule has 2 aliphatic heterocycles. The Bertz CT molecular complexity index is 904. The number of hydrogen-bond acceptors (Lipinski definition) is 5. The number of rotatable bonds is 7. The van der Waals surface area contributed by atoms with E-state index in [2.05, 4.69) is 9.80 Å². The predicted molar refractivity (Wildman–Crippen MR) is 126 cm³/mol. The molecule has 4 rings (SSSR count). The molecule has 0 amide bonds. The second-order valence-electron chi connectivity index (χ2n) is 9.07. The van der Waals surface area contributed by atoms with Gasteiger partial charge in [0.25, 0.3) is 0 Å². The van der Waals surface area contributed by atoms with Gasteiger partial charge in [0, 0.05) is 70.3 Å². The molecule has 2 saturated heterocycles. The molecule has 5 nitrogen and oxygen atoms in total. The SMILES string of the molecule is FC(F)(F)c1cccc(N2CCN(CCOCN3CCN(c4cccc(C(F)(F)F)c4)CC3)CC2)c1. The van der Waals surface area contributed by atoms with Crippen molar-refractivity contribution in [3.8, 4) is 0 Å². The van der Waals surface area contributed by atoms with Crippen LogP contribution in [-0.4, -0.2) is 82.0 Å². The van der Waals surface area contributed by atoms with Gasteiger partial charge in [-0.2, -0.15) is 26.3 Å². The average Bonchev–Trinajstić information content (AvgIpc) is 2.86. The molecule has 2 aromatic rings. The lowest BCUT2D eigenvalue weighted by Crippen LogP contribution is -2.48. The number of ether oxygens (including phenoxy) is 1. The predicted octanol–water partition coefficient (Wildman–Crippen LogP) is 4.64. The molecular formula is C25H30F6N4O. The van der Waals surface area contributed by atoms with Gasteiger partial charge in [-0.05, 0) is 36.4 Å². The summed E-state index contributed by atoms with van der Waals surface area (Å²) in [6, 6.07) is 10.9. The summed E-state index contributed by atoms with van der Waals surface area (Å²) in [5.41, 5.74) is -0.104. The van der Waals surface area contributed by atoms with Crippen molar-refractivity contribution in [3.63, 3.8) is 0 Å². The fourth-order valence-corrected chi connectivity index (χ4v) is 4.51. The summed E-state index contributed by atoms with van der Waals surface area (Å²) in [4.78, 5) is 8.29. The molecule has 0 N–H and O–H groups in total. The van der Waals surface area contributed by atoms with Gasteiger partial charge in [0.05, 0.1) is 24.5 Å². The zero-order valence-corrected chi connectivity index (χ0v) is 19.9. The number of hydrogen-bond donors (Lipinski definition) is 0. The summed E-state index contributed by atoms with van der Waals surface area (Å²) in [7, 11) is 0. The third kappa shape index (κ3) is 7.04. The minimum atomic E-state index is -4.35. The van der Waals surface area contributed by atoms with Gasteiger partial charge in [-0.1, -0.05) is 12.1 Å². The Balaban J connectivity index is 1.13. The number of alkyl halides is 6. The highest BCUT2D eigenvalue weighted by molar-refractivity contribution is 5.50. The van der Waals surface area contributed by atoms with Gasteiger partial charge in [0.2, 0.25) is 0 Å². The molecule has 0 bridgehead atoms. The van der Waals surface area contributed by atoms with Gasteiger partial charge in [0.1, 0.15) is 0 Å². The van der Waals surface area contributed by atoms with E-state index in [1.807, 2.05) is 9.80 Å². The van der Waals surface area contributed by atoms with E-state index >= 15 is 0 Å². The average molecular weight is 517 g/mol. The summed E-state index contributed by atoms with van der Waals surface area (Å²) in [5, 5.41) is 0. The zero-order valence-electron chi connectivity index (χ0n) is 19.9. The third-order valence-electron chi connectivity index (χ3n) is 6.65. The smallest absolute Gasteiger partial charge is 0.369 e. The summed E-state index contributed by atoms with van der Waals surface area (Å²) >= 11 is 0. The summed E-state index contributed by atoms with van der Waals surface area (Å²) in [6.45, 7) is 7.18. The van der Waals surface area contributed by atoms with E-state index in [9.17, 15) is 26.3 Å². The first-order chi connectivity index (χ1) is 17.1. The van der Waals surface area contributed by atoms with E-state index < -0.39 is 23.5 Å². The number of nitrogens with zero attached hydrogens (tertiary/aromatic N) is 4. The van der Waals surface area contributed by atoms with Crippen molar-refractivity contribution in [3.05, 3.63) is 59.7 Å². The quantitative estimate of drug-likeness (QED) is 0.394. The fourth-order valence-electron chi connectivity index (χ4n) is 4.51. The van der Waals surface area contributed by atoms with Gasteiger partial charge in [-0.25, -0.2) is 0 Å². The highest BCUT2D eigenvalue weighted by Crippen LogP contribution is 2.33. The van der Waals surface area contributed by atoms with Crippen LogP contribution in [0, 0.1) is 0 Å². The molecule has 0 radical (unpaired) electrons. The van der Waals surface area contributed by atoms with Crippen LogP contribution in [0.3, 0.4) is 0 Å². The molecule has 2 aliphatic rings. The lowest BCUT2D eigenvalue weighted by molar-refractivity contribution is -0.138. The molecule has 0 spiro atoms. The maximum absolute atomic E-state index is 13.0. The highest BCUT2D eigenvalue weighted by Gasteiger charge is 2.32. The minimum absolute atomic E-state index is 0.459. The summed E-state index contributed by atoms with van der Waals surface area (Å²) in [6.07, 6.45) is -8.70. The first-order valence-electron chi connectivity index (χ1n) is 12.0. The van der Waals surface area contributed by atoms with Crippen LogP contribution in [0.2, 0.25) is 0 Å². The zero-order chi connectivity index (χ0) is 25.8. The molecule has 0 unspecified atom stereocenters. The van der Waals surface area contributed by atoms with Gasteiger partial charge >= 0.3 is 12.4 Å². The molecule has 11 heteroatoms. The van der Waals surface area contributed by atoms with Crippen LogP contribution in [-0.2, 0) is 17.1 Å². The first kappa shape index (κ1) is 26.6. The molecular weight excluding hydrogens is 486 g/mol. The molecule has 0 aliphatic carbocycles. The normalized spacial score (nSPS) is 18.6. The molecule has 0 atom stereocenters. The van der Waals surface area contributed by atoms with Crippen molar-refractivity contribution in [1.29, 1.82) is 0 Å². The largest absolute Gasteiger partial charge is 0.416 e. The standard InChI is InChI=1S/C25H30F6N4O/c26-24(27,28)20-3-1-5-22(17-20)34-11-7-32(8-12-34)15-16-36-19-33-9-13-35(14-10-33)23-6-2-4-21(18-23)25(29,30)31/h1-6,17-18H,7-16,19H2. The van der Waals surface area contributed by atoms with Crippen molar-refractivity contribution in [1.82, 2.24) is 9.80 Å². The maximum atomic E-state index is 13.0. The minimum Gasteiger partial charge on any atom is -0.369 e. The monoisotopic (exact) mass is 516 g/mol. The van der Waals surface area contributed by atoms with E-state index in [0.717, 1.165) is 31.8 Å². The van der Waals surface area contributed by atoms with Crippen LogP contribution < -0.4 is 9.80 Å². The molecule has 0 saturated carbocycles. The van der Waals surface area contributed by atoms with E-state index in [4.69, 9.17) is 4.74 Å². The Morgan fingerprint density at radius 2 is 1.06 bits per heavy atom. The van der Waals surface area contributed by atoms with Gasteiger partial charge < -0.3 is 14.5 Å². The number of halogens is 6. The van der Waals surface area contributed by atoms with E-state index in [1.54, 1.807) is 12.1 Å². The number of benzene rings is 2. The topological polar surface area (TPSA) is 22.2 Å². The molecule has 0 aromatic heterocycles. The van der Waals surface area contributed by atoms with Gasteiger partial charge in [-0.15, -0.1) is 0 Å². The second-order valence-corrected chi connectivity index (χ2v) is 9.07. The van der Waals surface area contributed by atoms with E-state index in [0.29, 0.717) is 64.0 Å². The third-order valence-corrected chi connectivity index (χ3v) is 6.65. The van der Waals surface area contributed by atoms with Crippen LogP contribution in [0.1, 0.15) is 11.1 Å². The van der Waals surface area contributed by atoms with Crippen molar-refractivity contribution in [2.75, 3.05) is 82.0 Å². The molecule has 2 fully saturated rings. The molecule has 2 heterocycles. The van der Waals surface area contributed by atoms with E-state index in [-0.39, 0.29) is 0 Å². The highest BCUT2D eigenvalue weighted by atomic mass is 19.4. The summed E-state index contributed by atoms with van der Waals surface area (Å²) < 4.78 is 83.6. The first-order valence-corrected chi connectivity index (χ1v) is 12.0. The Hall–Kier alpha value is -2.50. The number of anilines is 2. The van der Waals surface area contributed by atoms with Crippen LogP contribution in [0.5, 0.6) is 0 Å². The van der Waals surface area contributed by atoms with Gasteiger partial charge in [-0.3, -0.25) is 9.80 Å². The Morgan fingerprint density at radius 1 is 0.611 bits per heavy atom. The van der Waals surface area contributed by atoms with Crippen molar-refractivity contribution < 1.29 is 31.1 Å². The van der Waals surface area contributed by atoms with Crippen molar-refractivity contribution >= 4 is 11.4 Å². The van der Waals surface area contributed by atoms with Crippen LogP contribution in [0.15, 0.2) is 48.5 Å². The van der Waals surface area contributed by atoms with Gasteiger partial charge in [0.15, 0.2) is 0 Å². The number of piperazine rings is 2. The Kier molecular flexibility index (Phi) is 8.31. The Morgan fingerprint density at radius 3 is 1.50 bits per heavy atom. The summed E-state index contributed by atoms with van der Waals surface area (Å²) in [5.74, 6) is 0. The molecule has 2 aromatic carbocycles. The lowest BCUT2D eigenvalue weighted by Gasteiger charge is -2.37. The van der Waals surface area contributed by atoms with E-state index in [1.165, 1.54) is 24.3 Å². The fraction of sp³-hybridized carbons (Fsp3) is 0.520. The van der Waals surface area contributed by atoms with Crippen LogP contribution in [0.4, 0.5) is 37.7 Å².